The molecule has 0 saturated carbocycles. The third-order valence-electron chi connectivity index (χ3n) is 5.46. The predicted octanol–water partition coefficient (Wildman–Crippen LogP) is 3.68. The van der Waals surface area contributed by atoms with Crippen molar-refractivity contribution in [2.45, 2.75) is 25.8 Å². The average molecular weight is 370 g/mol. The van der Waals surface area contributed by atoms with Crippen LogP contribution in [0.15, 0.2) is 59.7 Å². The third kappa shape index (κ3) is 3.23. The Bertz CT molecular complexity index is 1090. The number of piperidine rings is 1. The Balaban J connectivity index is 2.02. The molecule has 5 nitrogen and oxygen atoms in total. The standard InChI is InChI=1S/C23H22N4O/c1-16-20(21-8-4-5-11-26-21)15-27(18-9-12-25-13-10-18)23(28)22(16)19-7-3-2-6-17(19)14-24/h2-8,11,15,18,25H,9-10,12-13H2,1H3. The normalized spacial score (nSPS) is 14.6. The smallest absolute Gasteiger partial charge is 0.259 e. The molecule has 1 fully saturated rings. The molecule has 1 N–H and O–H groups in total. The minimum absolute atomic E-state index is 0.0354. The highest BCUT2D eigenvalue weighted by molar-refractivity contribution is 5.78. The molecule has 28 heavy (non-hydrogen) atoms. The molecule has 0 radical (unpaired) electrons. The molecule has 0 atom stereocenters. The van der Waals surface area contributed by atoms with E-state index >= 15 is 0 Å². The van der Waals surface area contributed by atoms with Crippen LogP contribution >= 0.6 is 0 Å². The number of nitriles is 1. The first-order valence-electron chi connectivity index (χ1n) is 9.58. The fourth-order valence-electron chi connectivity index (χ4n) is 3.97. The highest BCUT2D eigenvalue weighted by Crippen LogP contribution is 2.31. The zero-order chi connectivity index (χ0) is 19.5. The van der Waals surface area contributed by atoms with Crippen molar-refractivity contribution < 1.29 is 0 Å². The van der Waals surface area contributed by atoms with Gasteiger partial charge in [-0.15, -0.1) is 0 Å². The van der Waals surface area contributed by atoms with E-state index in [1.54, 1.807) is 12.3 Å². The highest BCUT2D eigenvalue weighted by atomic mass is 16.1. The molecule has 4 rings (SSSR count). The SMILES string of the molecule is Cc1c(-c2ccccn2)cn(C2CCNCC2)c(=O)c1-c1ccccc1C#N. The number of aromatic nitrogens is 2. The van der Waals surface area contributed by atoms with Crippen LogP contribution in [-0.2, 0) is 0 Å². The van der Waals surface area contributed by atoms with Crippen LogP contribution < -0.4 is 10.9 Å². The number of nitrogens with one attached hydrogen (secondary N) is 1. The minimum Gasteiger partial charge on any atom is -0.317 e. The molecule has 140 valence electrons. The Morgan fingerprint density at radius 1 is 1.11 bits per heavy atom. The van der Waals surface area contributed by atoms with Crippen molar-refractivity contribution in [1.29, 1.82) is 5.26 Å². The molecule has 3 aromatic rings. The van der Waals surface area contributed by atoms with Crippen LogP contribution in [-0.4, -0.2) is 22.6 Å². The summed E-state index contributed by atoms with van der Waals surface area (Å²) in [6, 6.07) is 15.5. The summed E-state index contributed by atoms with van der Waals surface area (Å²) in [7, 11) is 0. The molecular formula is C23H22N4O. The topological polar surface area (TPSA) is 70.7 Å². The van der Waals surface area contributed by atoms with Gasteiger partial charge in [0.1, 0.15) is 0 Å². The zero-order valence-electron chi connectivity index (χ0n) is 15.9. The first-order valence-corrected chi connectivity index (χ1v) is 9.58. The Morgan fingerprint density at radius 2 is 1.86 bits per heavy atom. The third-order valence-corrected chi connectivity index (χ3v) is 5.46. The second-order valence-corrected chi connectivity index (χ2v) is 7.11. The van der Waals surface area contributed by atoms with Gasteiger partial charge < -0.3 is 9.88 Å². The van der Waals surface area contributed by atoms with Crippen molar-refractivity contribution in [2.24, 2.45) is 0 Å². The fraction of sp³-hybridized carbons (Fsp3) is 0.261. The summed E-state index contributed by atoms with van der Waals surface area (Å²) in [5.74, 6) is 0. The largest absolute Gasteiger partial charge is 0.317 e. The molecule has 1 aliphatic rings. The lowest BCUT2D eigenvalue weighted by Crippen LogP contribution is -2.35. The van der Waals surface area contributed by atoms with Crippen molar-refractivity contribution >= 4 is 0 Å². The van der Waals surface area contributed by atoms with E-state index in [-0.39, 0.29) is 11.6 Å². The van der Waals surface area contributed by atoms with E-state index in [9.17, 15) is 10.1 Å². The summed E-state index contributed by atoms with van der Waals surface area (Å²) >= 11 is 0. The van der Waals surface area contributed by atoms with Gasteiger partial charge >= 0.3 is 0 Å². The van der Waals surface area contributed by atoms with Gasteiger partial charge in [0.2, 0.25) is 0 Å². The molecule has 1 aromatic carbocycles. The number of benzene rings is 1. The Hall–Kier alpha value is -3.23. The molecule has 5 heteroatoms. The van der Waals surface area contributed by atoms with Crippen LogP contribution in [0.5, 0.6) is 0 Å². The Kier molecular flexibility index (Phi) is 5.05. The first kappa shape index (κ1) is 18.1. The quantitative estimate of drug-likeness (QED) is 0.763. The van der Waals surface area contributed by atoms with Gasteiger partial charge in [0.15, 0.2) is 0 Å². The van der Waals surface area contributed by atoms with Crippen LogP contribution in [0.25, 0.3) is 22.4 Å². The molecule has 0 bridgehead atoms. The van der Waals surface area contributed by atoms with Gasteiger partial charge in [0.25, 0.3) is 5.56 Å². The second kappa shape index (κ2) is 7.79. The lowest BCUT2D eigenvalue weighted by Gasteiger charge is -2.27. The molecule has 2 aromatic heterocycles. The summed E-state index contributed by atoms with van der Waals surface area (Å²) in [6.45, 7) is 3.74. The van der Waals surface area contributed by atoms with Gasteiger partial charge in [-0.05, 0) is 56.6 Å². The molecule has 1 aliphatic heterocycles. The second-order valence-electron chi connectivity index (χ2n) is 7.11. The predicted molar refractivity (Wildman–Crippen MR) is 110 cm³/mol. The van der Waals surface area contributed by atoms with Crippen molar-refractivity contribution in [2.75, 3.05) is 13.1 Å². The van der Waals surface area contributed by atoms with E-state index in [0.29, 0.717) is 16.7 Å². The minimum atomic E-state index is -0.0354. The molecule has 1 saturated heterocycles. The summed E-state index contributed by atoms with van der Waals surface area (Å²) in [6.07, 6.45) is 5.53. The van der Waals surface area contributed by atoms with E-state index in [1.807, 2.05) is 54.1 Å². The van der Waals surface area contributed by atoms with Gasteiger partial charge in [0.05, 0.1) is 22.9 Å². The monoisotopic (exact) mass is 370 g/mol. The summed E-state index contributed by atoms with van der Waals surface area (Å²) < 4.78 is 1.86. The highest BCUT2D eigenvalue weighted by Gasteiger charge is 2.23. The lowest BCUT2D eigenvalue weighted by atomic mass is 9.93. The molecular weight excluding hydrogens is 348 g/mol. The molecule has 0 spiro atoms. The molecule has 0 unspecified atom stereocenters. The van der Waals surface area contributed by atoms with E-state index in [1.165, 1.54) is 0 Å². The van der Waals surface area contributed by atoms with Gasteiger partial charge in [-0.2, -0.15) is 5.26 Å². The van der Waals surface area contributed by atoms with E-state index in [4.69, 9.17) is 0 Å². The van der Waals surface area contributed by atoms with Crippen LogP contribution in [0.3, 0.4) is 0 Å². The van der Waals surface area contributed by atoms with Crippen molar-refractivity contribution in [1.82, 2.24) is 14.9 Å². The van der Waals surface area contributed by atoms with E-state index in [2.05, 4.69) is 16.4 Å². The Labute approximate surface area is 164 Å². The zero-order valence-corrected chi connectivity index (χ0v) is 15.9. The van der Waals surface area contributed by atoms with Crippen LogP contribution in [0.2, 0.25) is 0 Å². The maximum Gasteiger partial charge on any atom is 0.259 e. The average Bonchev–Trinajstić information content (AvgIpc) is 2.75. The van der Waals surface area contributed by atoms with Gasteiger partial charge in [-0.1, -0.05) is 24.3 Å². The number of nitrogens with zero attached hydrogens (tertiary/aromatic N) is 3. The van der Waals surface area contributed by atoms with Crippen molar-refractivity contribution in [3.63, 3.8) is 0 Å². The fourth-order valence-corrected chi connectivity index (χ4v) is 3.97. The summed E-state index contributed by atoms with van der Waals surface area (Å²) in [5, 5.41) is 12.9. The van der Waals surface area contributed by atoms with Gasteiger partial charge in [-0.25, -0.2) is 0 Å². The molecule has 3 heterocycles. The maximum absolute atomic E-state index is 13.6. The van der Waals surface area contributed by atoms with E-state index < -0.39 is 0 Å². The van der Waals surface area contributed by atoms with E-state index in [0.717, 1.165) is 42.8 Å². The molecule has 0 aliphatic carbocycles. The summed E-state index contributed by atoms with van der Waals surface area (Å²) in [4.78, 5) is 18.1. The number of hydrogen-bond donors (Lipinski definition) is 1. The molecule has 0 amide bonds. The summed E-state index contributed by atoms with van der Waals surface area (Å²) in [5.41, 5.74) is 4.38. The lowest BCUT2D eigenvalue weighted by molar-refractivity contribution is 0.361. The van der Waals surface area contributed by atoms with Gasteiger partial charge in [-0.3, -0.25) is 9.78 Å². The van der Waals surface area contributed by atoms with Crippen LogP contribution in [0.1, 0.15) is 30.0 Å². The maximum atomic E-state index is 13.6. The Morgan fingerprint density at radius 3 is 2.57 bits per heavy atom. The first-order chi connectivity index (χ1) is 13.7. The van der Waals surface area contributed by atoms with Crippen molar-refractivity contribution in [3.05, 3.63) is 76.3 Å². The number of hydrogen-bond acceptors (Lipinski definition) is 4. The number of rotatable bonds is 3. The van der Waals surface area contributed by atoms with Crippen molar-refractivity contribution in [3.8, 4) is 28.5 Å². The van der Waals surface area contributed by atoms with Gasteiger partial charge in [0, 0.05) is 29.6 Å². The van der Waals surface area contributed by atoms with Crippen LogP contribution in [0.4, 0.5) is 0 Å². The van der Waals surface area contributed by atoms with Crippen LogP contribution in [0, 0.1) is 18.3 Å². The number of pyridine rings is 2.